The molecule has 0 aliphatic carbocycles. The summed E-state index contributed by atoms with van der Waals surface area (Å²) >= 11 is 6.48. The Hall–Kier alpha value is -2.79. The van der Waals surface area contributed by atoms with E-state index in [1.165, 1.54) is 11.6 Å². The van der Waals surface area contributed by atoms with Gasteiger partial charge in [-0.1, -0.05) is 41.4 Å². The molecule has 1 amide bonds. The van der Waals surface area contributed by atoms with Crippen LogP contribution in [0.4, 0.5) is 0 Å². The van der Waals surface area contributed by atoms with Gasteiger partial charge in [0.15, 0.2) is 0 Å². The first-order valence-corrected chi connectivity index (χ1v) is 9.12. The van der Waals surface area contributed by atoms with Crippen molar-refractivity contribution in [1.29, 1.82) is 0 Å². The van der Waals surface area contributed by atoms with Crippen molar-refractivity contribution in [3.05, 3.63) is 82.0 Å². The highest BCUT2D eigenvalue weighted by Gasteiger charge is 2.13. The van der Waals surface area contributed by atoms with E-state index in [1.54, 1.807) is 23.1 Å². The van der Waals surface area contributed by atoms with Crippen LogP contribution < -0.4 is 5.32 Å². The first kappa shape index (κ1) is 19.0. The van der Waals surface area contributed by atoms with Gasteiger partial charge in [0.25, 0.3) is 0 Å². The van der Waals surface area contributed by atoms with Gasteiger partial charge >= 0.3 is 0 Å². The van der Waals surface area contributed by atoms with Crippen LogP contribution in [0.3, 0.4) is 0 Å². The van der Waals surface area contributed by atoms with Crippen molar-refractivity contribution in [3.8, 4) is 0 Å². The Kier molecular flexibility index (Phi) is 5.81. The Balaban J connectivity index is 1.69. The SMILES string of the molecule is Cc1ccc(Cn2nc(C)c(/C=C/C(=O)N[C@@H](C)c3ccco3)c2Cl)cc1. The lowest BCUT2D eigenvalue weighted by molar-refractivity contribution is -0.117. The van der Waals surface area contributed by atoms with E-state index in [-0.39, 0.29) is 11.9 Å². The number of carbonyl (C=O) groups is 1. The Labute approximate surface area is 163 Å². The molecule has 1 N–H and O–H groups in total. The van der Waals surface area contributed by atoms with Crippen molar-refractivity contribution in [3.63, 3.8) is 0 Å². The average molecular weight is 384 g/mol. The molecule has 0 aliphatic rings. The minimum absolute atomic E-state index is 0.210. The lowest BCUT2D eigenvalue weighted by atomic mass is 10.1. The molecule has 0 saturated carbocycles. The van der Waals surface area contributed by atoms with Crippen LogP contribution in [-0.4, -0.2) is 15.7 Å². The number of aryl methyl sites for hydroxylation is 2. The number of halogens is 1. The number of furan rings is 1. The topological polar surface area (TPSA) is 60.1 Å². The molecule has 0 spiro atoms. The monoisotopic (exact) mass is 383 g/mol. The summed E-state index contributed by atoms with van der Waals surface area (Å²) in [4.78, 5) is 12.2. The van der Waals surface area contributed by atoms with E-state index >= 15 is 0 Å². The number of hydrogen-bond donors (Lipinski definition) is 1. The van der Waals surface area contributed by atoms with E-state index in [4.69, 9.17) is 16.0 Å². The number of rotatable bonds is 6. The highest BCUT2D eigenvalue weighted by atomic mass is 35.5. The summed E-state index contributed by atoms with van der Waals surface area (Å²) in [5.41, 5.74) is 3.84. The van der Waals surface area contributed by atoms with Crippen LogP contribution >= 0.6 is 11.6 Å². The molecular weight excluding hydrogens is 362 g/mol. The number of hydrogen-bond acceptors (Lipinski definition) is 3. The van der Waals surface area contributed by atoms with Crippen LogP contribution in [0.5, 0.6) is 0 Å². The fraction of sp³-hybridized carbons (Fsp3) is 0.238. The summed E-state index contributed by atoms with van der Waals surface area (Å²) in [7, 11) is 0. The molecule has 0 aliphatic heterocycles. The lowest BCUT2D eigenvalue weighted by Crippen LogP contribution is -2.24. The molecule has 2 heterocycles. The zero-order valence-electron chi connectivity index (χ0n) is 15.6. The second-order valence-corrected chi connectivity index (χ2v) is 6.87. The van der Waals surface area contributed by atoms with Crippen molar-refractivity contribution >= 4 is 23.6 Å². The molecule has 1 atom stereocenters. The molecule has 3 rings (SSSR count). The van der Waals surface area contributed by atoms with E-state index < -0.39 is 0 Å². The maximum Gasteiger partial charge on any atom is 0.244 e. The number of nitrogens with one attached hydrogen (secondary N) is 1. The van der Waals surface area contributed by atoms with Gasteiger partial charge in [-0.25, -0.2) is 4.68 Å². The van der Waals surface area contributed by atoms with Crippen LogP contribution in [-0.2, 0) is 11.3 Å². The van der Waals surface area contributed by atoms with Gasteiger partial charge in [0.2, 0.25) is 5.91 Å². The molecule has 6 heteroatoms. The Morgan fingerprint density at radius 1 is 1.30 bits per heavy atom. The quantitative estimate of drug-likeness (QED) is 0.628. The number of aromatic nitrogens is 2. The highest BCUT2D eigenvalue weighted by molar-refractivity contribution is 6.31. The first-order valence-electron chi connectivity index (χ1n) is 8.74. The molecule has 5 nitrogen and oxygen atoms in total. The number of benzene rings is 1. The average Bonchev–Trinajstić information content (AvgIpc) is 3.25. The van der Waals surface area contributed by atoms with Crippen LogP contribution in [0.15, 0.2) is 53.2 Å². The normalized spacial score (nSPS) is 12.4. The smallest absolute Gasteiger partial charge is 0.244 e. The van der Waals surface area contributed by atoms with Crippen molar-refractivity contribution in [2.24, 2.45) is 0 Å². The Morgan fingerprint density at radius 3 is 2.70 bits per heavy atom. The zero-order chi connectivity index (χ0) is 19.4. The molecule has 0 radical (unpaired) electrons. The summed E-state index contributed by atoms with van der Waals surface area (Å²) in [6.07, 6.45) is 4.74. The molecule has 1 aromatic carbocycles. The van der Waals surface area contributed by atoms with Crippen molar-refractivity contribution < 1.29 is 9.21 Å². The lowest BCUT2D eigenvalue weighted by Gasteiger charge is -2.08. The van der Waals surface area contributed by atoms with Crippen LogP contribution in [0.2, 0.25) is 5.15 Å². The predicted molar refractivity (Wildman–Crippen MR) is 107 cm³/mol. The van der Waals surface area contributed by atoms with Gasteiger partial charge in [-0.3, -0.25) is 4.79 Å². The second-order valence-electron chi connectivity index (χ2n) is 6.51. The maximum absolute atomic E-state index is 12.2. The fourth-order valence-corrected chi connectivity index (χ4v) is 3.05. The van der Waals surface area contributed by atoms with Crippen LogP contribution in [0.1, 0.15) is 41.1 Å². The van der Waals surface area contributed by atoms with Crippen LogP contribution in [0.25, 0.3) is 6.08 Å². The van der Waals surface area contributed by atoms with E-state index in [0.29, 0.717) is 17.5 Å². The fourth-order valence-electron chi connectivity index (χ4n) is 2.76. The van der Waals surface area contributed by atoms with Gasteiger partial charge in [-0.05, 0) is 44.5 Å². The largest absolute Gasteiger partial charge is 0.467 e. The van der Waals surface area contributed by atoms with Crippen molar-refractivity contribution in [2.75, 3.05) is 0 Å². The third kappa shape index (κ3) is 4.68. The van der Waals surface area contributed by atoms with E-state index in [1.807, 2.05) is 19.9 Å². The standard InChI is InChI=1S/C21H22ClN3O2/c1-14-6-8-17(9-7-14)13-25-21(22)18(15(2)24-25)10-11-20(26)23-16(3)19-5-4-12-27-19/h4-12,16H,13H2,1-3H3,(H,23,26)/b11-10+/t16-/m0/s1. The molecule has 0 unspecified atom stereocenters. The summed E-state index contributed by atoms with van der Waals surface area (Å²) in [6, 6.07) is 11.6. The summed E-state index contributed by atoms with van der Waals surface area (Å²) in [5.74, 6) is 0.484. The maximum atomic E-state index is 12.2. The molecule has 27 heavy (non-hydrogen) atoms. The highest BCUT2D eigenvalue weighted by Crippen LogP contribution is 2.22. The van der Waals surface area contributed by atoms with Crippen LogP contribution in [0, 0.1) is 13.8 Å². The zero-order valence-corrected chi connectivity index (χ0v) is 16.3. The van der Waals surface area contributed by atoms with Gasteiger partial charge in [-0.2, -0.15) is 5.10 Å². The Morgan fingerprint density at radius 2 is 2.04 bits per heavy atom. The summed E-state index contributed by atoms with van der Waals surface area (Å²) < 4.78 is 7.03. The summed E-state index contributed by atoms with van der Waals surface area (Å²) in [6.45, 7) is 6.37. The van der Waals surface area contributed by atoms with Gasteiger partial charge < -0.3 is 9.73 Å². The molecule has 140 valence electrons. The Bertz CT molecular complexity index is 941. The molecule has 3 aromatic rings. The van der Waals surface area contributed by atoms with Gasteiger partial charge in [-0.15, -0.1) is 0 Å². The summed E-state index contributed by atoms with van der Waals surface area (Å²) in [5, 5.41) is 7.86. The minimum atomic E-state index is -0.222. The first-order chi connectivity index (χ1) is 12.9. The molecule has 0 fully saturated rings. The third-order valence-corrected chi connectivity index (χ3v) is 4.69. The number of amides is 1. The van der Waals surface area contributed by atoms with E-state index in [0.717, 1.165) is 16.8 Å². The molecule has 2 aromatic heterocycles. The number of carbonyl (C=O) groups excluding carboxylic acids is 1. The molecule has 0 bridgehead atoms. The van der Waals surface area contributed by atoms with Gasteiger partial charge in [0, 0.05) is 11.6 Å². The van der Waals surface area contributed by atoms with E-state index in [9.17, 15) is 4.79 Å². The third-order valence-electron chi connectivity index (χ3n) is 4.29. The van der Waals surface area contributed by atoms with Crippen molar-refractivity contribution in [2.45, 2.75) is 33.4 Å². The van der Waals surface area contributed by atoms with Gasteiger partial charge in [0.1, 0.15) is 10.9 Å². The van der Waals surface area contributed by atoms with E-state index in [2.05, 4.69) is 41.6 Å². The molecular formula is C21H22ClN3O2. The second kappa shape index (κ2) is 8.27. The molecule has 0 saturated heterocycles. The number of nitrogens with zero attached hydrogens (tertiary/aromatic N) is 2. The van der Waals surface area contributed by atoms with Gasteiger partial charge in [0.05, 0.1) is 24.5 Å². The minimum Gasteiger partial charge on any atom is -0.467 e. The van der Waals surface area contributed by atoms with Crippen molar-refractivity contribution in [1.82, 2.24) is 15.1 Å². The predicted octanol–water partition coefficient (Wildman–Crippen LogP) is 4.69.